The Morgan fingerprint density at radius 1 is 1.15 bits per heavy atom. The molecule has 0 aliphatic carbocycles. The summed E-state index contributed by atoms with van der Waals surface area (Å²) in [5, 5.41) is 0. The summed E-state index contributed by atoms with van der Waals surface area (Å²) in [6.45, 7) is 8.40. The van der Waals surface area contributed by atoms with Crippen LogP contribution in [-0.2, 0) is 11.8 Å². The Hall–Kier alpha value is -2.03. The van der Waals surface area contributed by atoms with E-state index in [1.165, 1.54) is 5.56 Å². The van der Waals surface area contributed by atoms with E-state index in [1.807, 2.05) is 19.1 Å². The van der Waals surface area contributed by atoms with Crippen LogP contribution in [0.5, 0.6) is 0 Å². The number of aryl methyl sites for hydroxylation is 1. The first kappa shape index (κ1) is 14.4. The number of hydrogen-bond donors (Lipinski definition) is 0. The first-order valence-electron chi connectivity index (χ1n) is 6.78. The van der Waals surface area contributed by atoms with Crippen LogP contribution in [0.25, 0.3) is 0 Å². The van der Waals surface area contributed by atoms with E-state index in [0.29, 0.717) is 5.82 Å². The van der Waals surface area contributed by atoms with Crippen molar-refractivity contribution in [3.8, 4) is 0 Å². The van der Waals surface area contributed by atoms with E-state index in [4.69, 9.17) is 0 Å². The highest BCUT2D eigenvalue weighted by Crippen LogP contribution is 2.25. The zero-order valence-corrected chi connectivity index (χ0v) is 12.5. The minimum atomic E-state index is 0.0337. The van der Waals surface area contributed by atoms with Gasteiger partial charge in [0.25, 0.3) is 0 Å². The zero-order chi connectivity index (χ0) is 14.8. The van der Waals surface area contributed by atoms with E-state index in [-0.39, 0.29) is 17.6 Å². The Balaban J connectivity index is 2.30. The van der Waals surface area contributed by atoms with Crippen molar-refractivity contribution in [1.29, 1.82) is 0 Å². The maximum atomic E-state index is 12.4. The van der Waals surface area contributed by atoms with Crippen LogP contribution in [0.15, 0.2) is 36.7 Å². The normalized spacial score (nSPS) is 11.4. The Morgan fingerprint density at radius 3 is 2.40 bits per heavy atom. The first-order chi connectivity index (χ1) is 9.38. The predicted octanol–water partition coefficient (Wildman–Crippen LogP) is 3.51. The van der Waals surface area contributed by atoms with Gasteiger partial charge in [-0.2, -0.15) is 0 Å². The number of nitrogens with zero attached hydrogens (tertiary/aromatic N) is 2. The van der Waals surface area contributed by atoms with Gasteiger partial charge in [0.05, 0.1) is 6.42 Å². The minimum absolute atomic E-state index is 0.0337. The molecule has 0 aliphatic rings. The number of ketones is 1. The van der Waals surface area contributed by atoms with Crippen LogP contribution in [0.2, 0.25) is 0 Å². The van der Waals surface area contributed by atoms with E-state index >= 15 is 0 Å². The molecule has 2 rings (SSSR count). The number of aromatic nitrogens is 2. The van der Waals surface area contributed by atoms with Crippen molar-refractivity contribution in [2.45, 2.75) is 39.5 Å². The van der Waals surface area contributed by atoms with Gasteiger partial charge in [-0.1, -0.05) is 32.9 Å². The third kappa shape index (κ3) is 3.29. The Labute approximate surface area is 120 Å². The summed E-state index contributed by atoms with van der Waals surface area (Å²) >= 11 is 0. The SMILES string of the molecule is Cc1ccc(C(C)(C)C)cc1C(=O)Cc1ncccn1. The summed E-state index contributed by atoms with van der Waals surface area (Å²) in [6, 6.07) is 7.85. The molecule has 0 amide bonds. The van der Waals surface area contributed by atoms with E-state index in [9.17, 15) is 4.79 Å². The van der Waals surface area contributed by atoms with Crippen molar-refractivity contribution in [2.24, 2.45) is 0 Å². The topological polar surface area (TPSA) is 42.9 Å². The minimum Gasteiger partial charge on any atom is -0.294 e. The standard InChI is InChI=1S/C17H20N2O/c1-12-6-7-13(17(2,3)4)10-14(12)15(20)11-16-18-8-5-9-19-16/h5-10H,11H2,1-4H3. The van der Waals surface area contributed by atoms with Gasteiger partial charge >= 0.3 is 0 Å². The molecule has 0 atom stereocenters. The molecule has 3 nitrogen and oxygen atoms in total. The molecule has 2 aromatic rings. The molecule has 0 saturated carbocycles. The van der Waals surface area contributed by atoms with Crippen molar-refractivity contribution in [3.05, 3.63) is 59.2 Å². The van der Waals surface area contributed by atoms with Crippen LogP contribution in [-0.4, -0.2) is 15.8 Å². The third-order valence-electron chi connectivity index (χ3n) is 3.34. The van der Waals surface area contributed by atoms with Crippen molar-refractivity contribution < 1.29 is 4.79 Å². The molecule has 0 unspecified atom stereocenters. The summed E-state index contributed by atoms with van der Waals surface area (Å²) in [5.41, 5.74) is 2.97. The number of rotatable bonds is 3. The fourth-order valence-corrected chi connectivity index (χ4v) is 2.05. The van der Waals surface area contributed by atoms with Gasteiger partial charge in [-0.15, -0.1) is 0 Å². The molecule has 0 aliphatic heterocycles. The van der Waals surface area contributed by atoms with E-state index < -0.39 is 0 Å². The summed E-state index contributed by atoms with van der Waals surface area (Å²) in [6.07, 6.45) is 3.57. The second kappa shape index (κ2) is 5.53. The van der Waals surface area contributed by atoms with Crippen LogP contribution in [0.1, 0.15) is 48.1 Å². The largest absolute Gasteiger partial charge is 0.294 e. The number of hydrogen-bond acceptors (Lipinski definition) is 3. The number of benzene rings is 1. The number of carbonyl (C=O) groups excluding carboxylic acids is 1. The lowest BCUT2D eigenvalue weighted by Crippen LogP contribution is -2.14. The van der Waals surface area contributed by atoms with E-state index in [2.05, 4.69) is 36.8 Å². The van der Waals surface area contributed by atoms with Gasteiger partial charge in [-0.05, 0) is 35.6 Å². The lowest BCUT2D eigenvalue weighted by atomic mass is 9.84. The van der Waals surface area contributed by atoms with Crippen molar-refractivity contribution in [2.75, 3.05) is 0 Å². The molecule has 104 valence electrons. The molecular weight excluding hydrogens is 248 g/mol. The molecule has 0 N–H and O–H groups in total. The monoisotopic (exact) mass is 268 g/mol. The Kier molecular flexibility index (Phi) is 3.98. The maximum Gasteiger partial charge on any atom is 0.170 e. The molecule has 0 fully saturated rings. The smallest absolute Gasteiger partial charge is 0.170 e. The summed E-state index contributed by atoms with van der Waals surface area (Å²) in [5.74, 6) is 0.637. The fraction of sp³-hybridized carbons (Fsp3) is 0.353. The molecular formula is C17H20N2O. The quantitative estimate of drug-likeness (QED) is 0.800. The van der Waals surface area contributed by atoms with Crippen LogP contribution in [0.4, 0.5) is 0 Å². The van der Waals surface area contributed by atoms with Crippen LogP contribution in [0, 0.1) is 6.92 Å². The lowest BCUT2D eigenvalue weighted by molar-refractivity contribution is 0.0990. The molecule has 1 aromatic carbocycles. The number of Topliss-reactive ketones (excluding diaryl/α,β-unsaturated/α-hetero) is 1. The van der Waals surface area contributed by atoms with Crippen molar-refractivity contribution in [3.63, 3.8) is 0 Å². The predicted molar refractivity (Wildman–Crippen MR) is 79.9 cm³/mol. The van der Waals surface area contributed by atoms with Crippen LogP contribution < -0.4 is 0 Å². The van der Waals surface area contributed by atoms with Crippen LogP contribution in [0.3, 0.4) is 0 Å². The van der Waals surface area contributed by atoms with Gasteiger partial charge in [0.1, 0.15) is 5.82 Å². The average Bonchev–Trinajstić information content (AvgIpc) is 2.39. The molecule has 0 bridgehead atoms. The second-order valence-electron chi connectivity index (χ2n) is 6.04. The van der Waals surface area contributed by atoms with Gasteiger partial charge in [0.15, 0.2) is 5.78 Å². The highest BCUT2D eigenvalue weighted by atomic mass is 16.1. The van der Waals surface area contributed by atoms with E-state index in [0.717, 1.165) is 11.1 Å². The average molecular weight is 268 g/mol. The Morgan fingerprint density at radius 2 is 1.80 bits per heavy atom. The van der Waals surface area contributed by atoms with Gasteiger partial charge < -0.3 is 0 Å². The van der Waals surface area contributed by atoms with Crippen molar-refractivity contribution >= 4 is 5.78 Å². The molecule has 0 spiro atoms. The maximum absolute atomic E-state index is 12.4. The molecule has 0 saturated heterocycles. The molecule has 1 aromatic heterocycles. The van der Waals surface area contributed by atoms with Gasteiger partial charge in [0.2, 0.25) is 0 Å². The molecule has 1 heterocycles. The lowest BCUT2D eigenvalue weighted by Gasteiger charge is -2.20. The van der Waals surface area contributed by atoms with Crippen LogP contribution >= 0.6 is 0 Å². The highest BCUT2D eigenvalue weighted by Gasteiger charge is 2.18. The Bertz CT molecular complexity index is 613. The highest BCUT2D eigenvalue weighted by molar-refractivity contribution is 5.98. The van der Waals surface area contributed by atoms with Gasteiger partial charge in [0, 0.05) is 18.0 Å². The fourth-order valence-electron chi connectivity index (χ4n) is 2.05. The summed E-state index contributed by atoms with van der Waals surface area (Å²) in [4.78, 5) is 20.7. The molecule has 20 heavy (non-hydrogen) atoms. The molecule has 3 heteroatoms. The summed E-state index contributed by atoms with van der Waals surface area (Å²) in [7, 11) is 0. The van der Waals surface area contributed by atoms with Gasteiger partial charge in [-0.25, -0.2) is 9.97 Å². The van der Waals surface area contributed by atoms with Gasteiger partial charge in [-0.3, -0.25) is 4.79 Å². The first-order valence-corrected chi connectivity index (χ1v) is 6.78. The summed E-state index contributed by atoms with van der Waals surface area (Å²) < 4.78 is 0. The molecule has 0 radical (unpaired) electrons. The van der Waals surface area contributed by atoms with Crippen molar-refractivity contribution in [1.82, 2.24) is 9.97 Å². The van der Waals surface area contributed by atoms with E-state index in [1.54, 1.807) is 18.5 Å². The second-order valence-corrected chi connectivity index (χ2v) is 6.04. The third-order valence-corrected chi connectivity index (χ3v) is 3.34. The number of carbonyl (C=O) groups is 1. The zero-order valence-electron chi connectivity index (χ0n) is 12.5.